The van der Waals surface area contributed by atoms with Crippen molar-refractivity contribution in [1.82, 2.24) is 5.32 Å². The first-order valence-corrected chi connectivity index (χ1v) is 13.7. The molecule has 0 radical (unpaired) electrons. The van der Waals surface area contributed by atoms with Gasteiger partial charge < -0.3 is 39.5 Å². The number of carbonyl (C=O) groups is 3. The molecule has 0 aromatic heterocycles. The summed E-state index contributed by atoms with van der Waals surface area (Å²) in [5, 5.41) is 2.80. The van der Waals surface area contributed by atoms with E-state index in [1.807, 2.05) is 31.2 Å². The van der Waals surface area contributed by atoms with Gasteiger partial charge in [-0.3, -0.25) is 9.59 Å². The smallest absolute Gasteiger partial charge is 0.407 e. The van der Waals surface area contributed by atoms with Gasteiger partial charge >= 0.3 is 6.09 Å². The summed E-state index contributed by atoms with van der Waals surface area (Å²) in [7, 11) is 0. The number of primary amides is 1. The van der Waals surface area contributed by atoms with E-state index >= 15 is 0 Å². The Morgan fingerprint density at radius 2 is 1.38 bits per heavy atom. The number of hydrogen-bond acceptors (Lipinski definition) is 9. The van der Waals surface area contributed by atoms with Crippen LogP contribution in [0.4, 0.5) is 4.79 Å². The number of nitrogens with one attached hydrogen (secondary N) is 1. The van der Waals surface area contributed by atoms with Gasteiger partial charge in [-0.25, -0.2) is 4.79 Å². The van der Waals surface area contributed by atoms with Crippen molar-refractivity contribution in [3.63, 3.8) is 0 Å². The minimum absolute atomic E-state index is 0.00317. The summed E-state index contributed by atoms with van der Waals surface area (Å²) < 4.78 is 32.9. The van der Waals surface area contributed by atoms with Crippen LogP contribution in [0.5, 0.6) is 0 Å². The van der Waals surface area contributed by atoms with Gasteiger partial charge in [0.1, 0.15) is 12.2 Å². The lowest BCUT2D eigenvalue weighted by molar-refractivity contribution is -0.122. The molecular formula is C29H48N2O9. The summed E-state index contributed by atoms with van der Waals surface area (Å²) in [5.41, 5.74) is 6.80. The Labute approximate surface area is 238 Å². The molecule has 0 saturated carbocycles. The lowest BCUT2D eigenvalue weighted by Gasteiger charge is -2.27. The van der Waals surface area contributed by atoms with E-state index in [0.29, 0.717) is 59.3 Å². The topological polar surface area (TPSA) is 145 Å². The highest BCUT2D eigenvalue weighted by Crippen LogP contribution is 2.13. The van der Waals surface area contributed by atoms with Crippen molar-refractivity contribution in [3.8, 4) is 0 Å². The molecule has 2 atom stereocenters. The third-order valence-corrected chi connectivity index (χ3v) is 5.46. The second-order valence-corrected chi connectivity index (χ2v) is 10.4. The van der Waals surface area contributed by atoms with Gasteiger partial charge in [-0.15, -0.1) is 0 Å². The molecule has 228 valence electrons. The Bertz CT molecular complexity index is 856. The predicted molar refractivity (Wildman–Crippen MR) is 150 cm³/mol. The highest BCUT2D eigenvalue weighted by atomic mass is 16.6. The van der Waals surface area contributed by atoms with E-state index in [0.717, 1.165) is 17.5 Å². The molecule has 0 aliphatic rings. The molecule has 11 nitrogen and oxygen atoms in total. The first kappa shape index (κ1) is 35.5. The number of benzene rings is 1. The van der Waals surface area contributed by atoms with Crippen molar-refractivity contribution in [2.24, 2.45) is 5.73 Å². The monoisotopic (exact) mass is 568 g/mol. The summed E-state index contributed by atoms with van der Waals surface area (Å²) in [6, 6.07) is 7.63. The van der Waals surface area contributed by atoms with Crippen LogP contribution in [-0.2, 0) is 51.0 Å². The van der Waals surface area contributed by atoms with Crippen LogP contribution in [0.2, 0.25) is 0 Å². The van der Waals surface area contributed by atoms with Crippen molar-refractivity contribution in [2.45, 2.75) is 78.2 Å². The summed E-state index contributed by atoms with van der Waals surface area (Å²) >= 11 is 0. The second kappa shape index (κ2) is 20.3. The van der Waals surface area contributed by atoms with Crippen molar-refractivity contribution in [1.29, 1.82) is 0 Å². The average molecular weight is 569 g/mol. The van der Waals surface area contributed by atoms with Crippen molar-refractivity contribution >= 4 is 17.8 Å². The third-order valence-electron chi connectivity index (χ3n) is 5.46. The van der Waals surface area contributed by atoms with Crippen molar-refractivity contribution in [3.05, 3.63) is 35.4 Å². The number of carbonyl (C=O) groups excluding carboxylic acids is 3. The molecule has 1 aromatic carbocycles. The van der Waals surface area contributed by atoms with Crippen LogP contribution < -0.4 is 11.1 Å². The molecule has 2 amide bonds. The fourth-order valence-corrected chi connectivity index (χ4v) is 3.39. The largest absolute Gasteiger partial charge is 0.444 e. The maximum absolute atomic E-state index is 12.2. The molecular weight excluding hydrogens is 520 g/mol. The molecule has 0 aliphatic carbocycles. The van der Waals surface area contributed by atoms with E-state index < -0.39 is 23.6 Å². The van der Waals surface area contributed by atoms with Gasteiger partial charge in [-0.2, -0.15) is 0 Å². The quantitative estimate of drug-likeness (QED) is 0.202. The number of ether oxygens (including phenoxy) is 6. The average Bonchev–Trinajstić information content (AvgIpc) is 2.87. The minimum Gasteiger partial charge on any atom is -0.444 e. The highest BCUT2D eigenvalue weighted by Gasteiger charge is 2.24. The van der Waals surface area contributed by atoms with Crippen LogP contribution in [0.3, 0.4) is 0 Å². The fourth-order valence-electron chi connectivity index (χ4n) is 3.39. The van der Waals surface area contributed by atoms with E-state index in [2.05, 4.69) is 5.32 Å². The molecule has 1 aromatic rings. The lowest BCUT2D eigenvalue weighted by atomic mass is 10.1. The van der Waals surface area contributed by atoms with E-state index in [9.17, 15) is 14.4 Å². The number of ketones is 1. The normalized spacial score (nSPS) is 13.0. The summed E-state index contributed by atoms with van der Waals surface area (Å²) in [5.74, 6) is -0.443. The van der Waals surface area contributed by atoms with Gasteiger partial charge in [0.05, 0.1) is 65.0 Å². The fraction of sp³-hybridized carbons (Fsp3) is 0.690. The number of rotatable bonds is 22. The molecule has 0 unspecified atom stereocenters. The number of nitrogens with two attached hydrogens (primary N) is 1. The zero-order valence-corrected chi connectivity index (χ0v) is 24.7. The molecule has 11 heteroatoms. The highest BCUT2D eigenvalue weighted by molar-refractivity contribution is 5.76. The zero-order chi connectivity index (χ0) is 29.8. The Morgan fingerprint density at radius 3 is 1.90 bits per heavy atom. The van der Waals surface area contributed by atoms with Crippen LogP contribution >= 0.6 is 0 Å². The molecule has 0 bridgehead atoms. The molecule has 0 heterocycles. The third kappa shape index (κ3) is 19.5. The first-order chi connectivity index (χ1) is 19.0. The van der Waals surface area contributed by atoms with Gasteiger partial charge in [0, 0.05) is 6.42 Å². The minimum atomic E-state index is -0.631. The van der Waals surface area contributed by atoms with Gasteiger partial charge in [-0.05, 0) is 58.6 Å². The van der Waals surface area contributed by atoms with Gasteiger partial charge in [0.2, 0.25) is 5.91 Å². The van der Waals surface area contributed by atoms with Gasteiger partial charge in [0.25, 0.3) is 0 Å². The van der Waals surface area contributed by atoms with E-state index in [1.165, 1.54) is 6.92 Å². The van der Waals surface area contributed by atoms with Crippen LogP contribution in [0, 0.1) is 0 Å². The summed E-state index contributed by atoms with van der Waals surface area (Å²) in [6.07, 6.45) is 0.335. The maximum Gasteiger partial charge on any atom is 0.407 e. The van der Waals surface area contributed by atoms with Crippen molar-refractivity contribution < 1.29 is 42.8 Å². The molecule has 0 aliphatic heterocycles. The summed E-state index contributed by atoms with van der Waals surface area (Å²) in [6.45, 7) is 12.5. The molecule has 40 heavy (non-hydrogen) atoms. The first-order valence-electron chi connectivity index (χ1n) is 13.7. The second-order valence-electron chi connectivity index (χ2n) is 10.4. The maximum atomic E-state index is 12.2. The SMILES string of the molecule is CC(=O)COCCOCCOCCOCCc1ccc(CO[C@H](C)[C@H](CCC(N)=O)NC(=O)OC(C)(C)C)cc1. The van der Waals surface area contributed by atoms with Gasteiger partial charge in [0.15, 0.2) is 5.78 Å². The van der Waals surface area contributed by atoms with Crippen molar-refractivity contribution in [2.75, 3.05) is 52.9 Å². The Balaban J connectivity index is 2.25. The van der Waals surface area contributed by atoms with Crippen LogP contribution in [0.1, 0.15) is 58.6 Å². The van der Waals surface area contributed by atoms with E-state index in [-0.39, 0.29) is 24.9 Å². The standard InChI is InChI=1S/C29H48N2O9/c1-22(32)20-38-19-18-37-17-16-36-15-14-35-13-12-24-6-8-25(9-7-24)21-39-23(2)26(10-11-27(30)33)31-28(34)40-29(3,4)5/h6-9,23,26H,10-21H2,1-5H3,(H2,30,33)(H,31,34)/t23-,26+/m1/s1. The number of amides is 2. The van der Waals surface area contributed by atoms with Gasteiger partial charge in [-0.1, -0.05) is 24.3 Å². The number of Topliss-reactive ketones (excluding diaryl/α,β-unsaturated/α-hetero) is 1. The predicted octanol–water partition coefficient (Wildman–Crippen LogP) is 2.95. The zero-order valence-electron chi connectivity index (χ0n) is 24.7. The molecule has 0 spiro atoms. The Morgan fingerprint density at radius 1 is 0.850 bits per heavy atom. The number of hydrogen-bond donors (Lipinski definition) is 2. The summed E-state index contributed by atoms with van der Waals surface area (Å²) in [4.78, 5) is 34.3. The Hall–Kier alpha value is -2.57. The molecule has 1 rings (SSSR count). The molecule has 0 fully saturated rings. The molecule has 0 saturated heterocycles. The van der Waals surface area contributed by atoms with E-state index in [4.69, 9.17) is 34.2 Å². The number of alkyl carbamates (subject to hydrolysis) is 1. The molecule has 3 N–H and O–H groups in total. The lowest BCUT2D eigenvalue weighted by Crippen LogP contribution is -2.45. The van der Waals surface area contributed by atoms with Crippen LogP contribution in [-0.4, -0.2) is 88.4 Å². The van der Waals surface area contributed by atoms with E-state index in [1.54, 1.807) is 20.8 Å². The Kier molecular flexibility index (Phi) is 18.0. The van der Waals surface area contributed by atoms with Crippen LogP contribution in [0.15, 0.2) is 24.3 Å². The van der Waals surface area contributed by atoms with Crippen LogP contribution in [0.25, 0.3) is 0 Å².